The lowest BCUT2D eigenvalue weighted by Gasteiger charge is -2.29. The van der Waals surface area contributed by atoms with Gasteiger partial charge in [0.1, 0.15) is 5.82 Å². The number of nitrogen functional groups attached to an aromatic ring is 1. The second-order valence-corrected chi connectivity index (χ2v) is 6.33. The number of carbonyl (C=O) groups excluding carboxylic acids is 1. The molecular weight excluding hydrogens is 347 g/mol. The van der Waals surface area contributed by atoms with Gasteiger partial charge in [0.05, 0.1) is 35.7 Å². The molecule has 0 spiro atoms. The third-order valence-corrected chi connectivity index (χ3v) is 4.61. The van der Waals surface area contributed by atoms with Crippen LogP contribution in [-0.2, 0) is 4.74 Å². The highest BCUT2D eigenvalue weighted by molar-refractivity contribution is 6.12. The normalized spacial score (nSPS) is 14.3. The summed E-state index contributed by atoms with van der Waals surface area (Å²) < 4.78 is 20.0. The standard InChI is InChI=1S/C20H19FN4O2/c21-16-10-14-17(11-18(16)25-6-8-27-9-7-25)23-12-15(19(14)22)20(26)24-13-4-2-1-3-5-13/h1-5,10-12H,6-9H2,(H2,22,23)(H,24,26). The zero-order valence-electron chi connectivity index (χ0n) is 14.6. The van der Waals surface area contributed by atoms with Crippen LogP contribution < -0.4 is 16.0 Å². The molecule has 1 saturated heterocycles. The summed E-state index contributed by atoms with van der Waals surface area (Å²) in [6.07, 6.45) is 1.43. The summed E-state index contributed by atoms with van der Waals surface area (Å²) in [4.78, 5) is 18.8. The lowest BCUT2D eigenvalue weighted by atomic mass is 10.1. The van der Waals surface area contributed by atoms with Gasteiger partial charge in [0.25, 0.3) is 5.91 Å². The Morgan fingerprint density at radius 3 is 2.67 bits per heavy atom. The number of hydrogen-bond acceptors (Lipinski definition) is 5. The number of amides is 1. The van der Waals surface area contributed by atoms with Crippen molar-refractivity contribution in [3.63, 3.8) is 0 Å². The highest BCUT2D eigenvalue weighted by Crippen LogP contribution is 2.30. The maximum Gasteiger partial charge on any atom is 0.259 e. The van der Waals surface area contributed by atoms with E-state index in [9.17, 15) is 9.18 Å². The van der Waals surface area contributed by atoms with Crippen LogP contribution in [-0.4, -0.2) is 37.2 Å². The molecule has 4 rings (SSSR count). The van der Waals surface area contributed by atoms with Crippen molar-refractivity contribution in [3.05, 3.63) is 60.0 Å². The number of nitrogens with zero attached hydrogens (tertiary/aromatic N) is 2. The monoisotopic (exact) mass is 366 g/mol. The molecule has 1 aromatic heterocycles. The summed E-state index contributed by atoms with van der Waals surface area (Å²) >= 11 is 0. The quantitative estimate of drug-likeness (QED) is 0.745. The molecule has 2 heterocycles. The third-order valence-electron chi connectivity index (χ3n) is 4.61. The molecule has 0 bridgehead atoms. The van der Waals surface area contributed by atoms with E-state index in [0.717, 1.165) is 0 Å². The van der Waals surface area contributed by atoms with E-state index in [1.165, 1.54) is 12.3 Å². The van der Waals surface area contributed by atoms with Crippen molar-refractivity contribution in [2.24, 2.45) is 0 Å². The molecule has 0 unspecified atom stereocenters. The summed E-state index contributed by atoms with van der Waals surface area (Å²) in [5, 5.41) is 3.19. The predicted molar refractivity (Wildman–Crippen MR) is 104 cm³/mol. The summed E-state index contributed by atoms with van der Waals surface area (Å²) in [7, 11) is 0. The highest BCUT2D eigenvalue weighted by Gasteiger charge is 2.19. The molecule has 1 amide bonds. The number of nitrogens with one attached hydrogen (secondary N) is 1. The molecule has 3 aromatic rings. The molecular formula is C20H19FN4O2. The minimum atomic E-state index is -0.390. The molecule has 0 radical (unpaired) electrons. The average molecular weight is 366 g/mol. The first kappa shape index (κ1) is 17.2. The van der Waals surface area contributed by atoms with Gasteiger partial charge >= 0.3 is 0 Å². The van der Waals surface area contributed by atoms with Gasteiger partial charge in [-0.3, -0.25) is 9.78 Å². The van der Waals surface area contributed by atoms with E-state index < -0.39 is 5.82 Å². The molecule has 0 saturated carbocycles. The van der Waals surface area contributed by atoms with E-state index in [1.54, 1.807) is 18.2 Å². The molecule has 3 N–H and O–H groups in total. The Balaban J connectivity index is 1.68. The molecule has 138 valence electrons. The number of halogens is 1. The topological polar surface area (TPSA) is 80.5 Å². The first-order valence-corrected chi connectivity index (χ1v) is 8.70. The first-order valence-electron chi connectivity index (χ1n) is 8.70. The number of para-hydroxylation sites is 1. The molecule has 0 aliphatic carbocycles. The van der Waals surface area contributed by atoms with E-state index in [2.05, 4.69) is 10.3 Å². The van der Waals surface area contributed by atoms with Crippen LogP contribution in [0.4, 0.5) is 21.5 Å². The van der Waals surface area contributed by atoms with E-state index in [0.29, 0.717) is 48.6 Å². The summed E-state index contributed by atoms with van der Waals surface area (Å²) in [6.45, 7) is 2.36. The molecule has 27 heavy (non-hydrogen) atoms. The maximum absolute atomic E-state index is 14.7. The number of nitrogens with two attached hydrogens (primary N) is 1. The molecule has 0 atom stereocenters. The van der Waals surface area contributed by atoms with E-state index in [1.807, 2.05) is 23.1 Å². The number of pyridine rings is 1. The maximum atomic E-state index is 14.7. The number of aromatic nitrogens is 1. The van der Waals surface area contributed by atoms with Gasteiger partial charge in [-0.15, -0.1) is 0 Å². The molecule has 1 aliphatic heterocycles. The van der Waals surface area contributed by atoms with Gasteiger partial charge in [-0.05, 0) is 24.3 Å². The van der Waals surface area contributed by atoms with E-state index in [4.69, 9.17) is 10.5 Å². The summed E-state index contributed by atoms with van der Waals surface area (Å²) in [5.41, 5.74) is 8.26. The van der Waals surface area contributed by atoms with Crippen LogP contribution in [0.2, 0.25) is 0 Å². The van der Waals surface area contributed by atoms with Gasteiger partial charge in [0, 0.05) is 30.4 Å². The Morgan fingerprint density at radius 1 is 1.19 bits per heavy atom. The SMILES string of the molecule is Nc1c(C(=O)Nc2ccccc2)cnc2cc(N3CCOCC3)c(F)cc12. The molecule has 1 fully saturated rings. The van der Waals surface area contributed by atoms with Crippen molar-refractivity contribution in [1.29, 1.82) is 0 Å². The number of fused-ring (bicyclic) bond motifs is 1. The van der Waals surface area contributed by atoms with Crippen molar-refractivity contribution >= 4 is 33.9 Å². The van der Waals surface area contributed by atoms with Gasteiger partial charge in [0.15, 0.2) is 0 Å². The minimum absolute atomic E-state index is 0.209. The fraction of sp³-hybridized carbons (Fsp3) is 0.200. The highest BCUT2D eigenvalue weighted by atomic mass is 19.1. The fourth-order valence-corrected chi connectivity index (χ4v) is 3.17. The van der Waals surface area contributed by atoms with Crippen molar-refractivity contribution in [2.45, 2.75) is 0 Å². The van der Waals surface area contributed by atoms with Crippen LogP contribution in [0.15, 0.2) is 48.7 Å². The third kappa shape index (κ3) is 3.41. The van der Waals surface area contributed by atoms with Crippen LogP contribution in [0, 0.1) is 5.82 Å². The van der Waals surface area contributed by atoms with Crippen LogP contribution in [0.1, 0.15) is 10.4 Å². The van der Waals surface area contributed by atoms with Gasteiger partial charge in [-0.1, -0.05) is 18.2 Å². The molecule has 1 aliphatic rings. The van der Waals surface area contributed by atoms with Crippen molar-refractivity contribution in [2.75, 3.05) is 42.3 Å². The van der Waals surface area contributed by atoms with Crippen molar-refractivity contribution in [3.8, 4) is 0 Å². The van der Waals surface area contributed by atoms with E-state index >= 15 is 0 Å². The zero-order chi connectivity index (χ0) is 18.8. The Kier molecular flexibility index (Phi) is 4.60. The minimum Gasteiger partial charge on any atom is -0.397 e. The van der Waals surface area contributed by atoms with Crippen LogP contribution in [0.5, 0.6) is 0 Å². The zero-order valence-corrected chi connectivity index (χ0v) is 14.6. The Morgan fingerprint density at radius 2 is 1.93 bits per heavy atom. The van der Waals surface area contributed by atoms with Gasteiger partial charge in [0.2, 0.25) is 0 Å². The van der Waals surface area contributed by atoms with Crippen molar-refractivity contribution < 1.29 is 13.9 Å². The molecule has 7 heteroatoms. The van der Waals surface area contributed by atoms with Crippen molar-refractivity contribution in [1.82, 2.24) is 4.98 Å². The van der Waals surface area contributed by atoms with Gasteiger partial charge in [-0.2, -0.15) is 0 Å². The Bertz CT molecular complexity index is 988. The van der Waals surface area contributed by atoms with Gasteiger partial charge in [-0.25, -0.2) is 4.39 Å². The van der Waals surface area contributed by atoms with Crippen LogP contribution in [0.25, 0.3) is 10.9 Å². The number of rotatable bonds is 3. The number of morpholine rings is 1. The average Bonchev–Trinajstić information content (AvgIpc) is 2.70. The molecule has 2 aromatic carbocycles. The Labute approximate surface area is 155 Å². The largest absolute Gasteiger partial charge is 0.397 e. The van der Waals surface area contributed by atoms with Gasteiger partial charge < -0.3 is 20.7 Å². The number of hydrogen-bond donors (Lipinski definition) is 2. The number of benzene rings is 2. The second kappa shape index (κ2) is 7.20. The molecule has 6 nitrogen and oxygen atoms in total. The predicted octanol–water partition coefficient (Wildman–Crippen LogP) is 3.05. The fourth-order valence-electron chi connectivity index (χ4n) is 3.17. The van der Waals surface area contributed by atoms with E-state index in [-0.39, 0.29) is 17.2 Å². The smallest absolute Gasteiger partial charge is 0.259 e. The van der Waals surface area contributed by atoms with Crippen LogP contribution >= 0.6 is 0 Å². The first-order chi connectivity index (χ1) is 13.1. The Hall–Kier alpha value is -3.19. The second-order valence-electron chi connectivity index (χ2n) is 6.33. The summed E-state index contributed by atoms with van der Waals surface area (Å²) in [6, 6.07) is 12.1. The summed E-state index contributed by atoms with van der Waals surface area (Å²) in [5.74, 6) is -0.774. The lowest BCUT2D eigenvalue weighted by Crippen LogP contribution is -2.36. The number of anilines is 3. The lowest BCUT2D eigenvalue weighted by molar-refractivity contribution is 0.102. The number of ether oxygens (including phenoxy) is 1. The number of carbonyl (C=O) groups is 1. The van der Waals surface area contributed by atoms with Crippen LogP contribution in [0.3, 0.4) is 0 Å².